The van der Waals surface area contributed by atoms with Gasteiger partial charge in [0, 0.05) is 38.3 Å². The maximum absolute atomic E-state index is 12.9. The number of nitrogens with zero attached hydrogens (tertiary/aromatic N) is 2. The molecule has 0 saturated carbocycles. The number of fused-ring (bicyclic) bond motifs is 3. The molecule has 3 aromatic carbocycles. The summed E-state index contributed by atoms with van der Waals surface area (Å²) >= 11 is 1.73. The molecule has 0 bridgehead atoms. The van der Waals surface area contributed by atoms with Gasteiger partial charge in [-0.2, -0.15) is 0 Å². The molecule has 5 rings (SSSR count). The predicted molar refractivity (Wildman–Crippen MR) is 138 cm³/mol. The highest BCUT2D eigenvalue weighted by Gasteiger charge is 2.37. The maximum atomic E-state index is 12.9. The van der Waals surface area contributed by atoms with Gasteiger partial charge in [-0.05, 0) is 61.9 Å². The molecule has 34 heavy (non-hydrogen) atoms. The van der Waals surface area contributed by atoms with Crippen LogP contribution in [0.5, 0.6) is 0 Å². The Balaban J connectivity index is 1.57. The third kappa shape index (κ3) is 3.85. The highest BCUT2D eigenvalue weighted by molar-refractivity contribution is 7.25. The van der Waals surface area contributed by atoms with Crippen LogP contribution in [0.15, 0.2) is 71.7 Å². The molecule has 1 aliphatic heterocycles. The van der Waals surface area contributed by atoms with E-state index in [1.54, 1.807) is 42.6 Å². The van der Waals surface area contributed by atoms with E-state index < -0.39 is 5.54 Å². The number of rotatable bonds is 2. The van der Waals surface area contributed by atoms with Crippen molar-refractivity contribution >= 4 is 49.3 Å². The molecule has 1 N–H and O–H groups in total. The summed E-state index contributed by atoms with van der Waals surface area (Å²) < 4.78 is 2.36. The molecule has 2 amide bonds. The fourth-order valence-corrected chi connectivity index (χ4v) is 5.32. The van der Waals surface area contributed by atoms with Crippen molar-refractivity contribution in [2.75, 3.05) is 7.05 Å². The van der Waals surface area contributed by atoms with Gasteiger partial charge in [0.15, 0.2) is 0 Å². The van der Waals surface area contributed by atoms with E-state index in [1.807, 2.05) is 32.0 Å². The van der Waals surface area contributed by atoms with Crippen molar-refractivity contribution in [2.45, 2.75) is 25.8 Å². The third-order valence-electron chi connectivity index (χ3n) is 6.16. The van der Waals surface area contributed by atoms with Gasteiger partial charge in [-0.1, -0.05) is 30.2 Å². The number of aliphatic imine (C=N–C) groups is 1. The molecule has 1 aliphatic rings. The first-order chi connectivity index (χ1) is 16.4. The Kier molecular flexibility index (Phi) is 5.43. The van der Waals surface area contributed by atoms with Gasteiger partial charge in [0.1, 0.15) is 0 Å². The van der Waals surface area contributed by atoms with Crippen molar-refractivity contribution in [1.29, 1.82) is 0 Å². The molecule has 4 aromatic rings. The quantitative estimate of drug-likeness (QED) is 0.409. The Hall–Kier alpha value is -3.95. The SMILES string of the molecule is CC#Cc1ccc2sc3ccc(C4(C)CC(=O)N(C)C(NC(=O)c5ccccc5)=N4)cc3c2c1. The number of hydrogen-bond acceptors (Lipinski definition) is 4. The fraction of sp³-hybridized carbons (Fsp3) is 0.179. The van der Waals surface area contributed by atoms with Crippen LogP contribution in [0.1, 0.15) is 41.8 Å². The zero-order valence-electron chi connectivity index (χ0n) is 19.2. The largest absolute Gasteiger partial charge is 0.292 e. The van der Waals surface area contributed by atoms with Crippen molar-refractivity contribution in [1.82, 2.24) is 10.2 Å². The van der Waals surface area contributed by atoms with Gasteiger partial charge in [0.2, 0.25) is 11.9 Å². The summed E-state index contributed by atoms with van der Waals surface area (Å²) in [5.74, 6) is 5.94. The molecule has 0 saturated heterocycles. The first-order valence-corrected chi connectivity index (χ1v) is 11.8. The number of thiophene rings is 1. The number of guanidine groups is 1. The van der Waals surface area contributed by atoms with Crippen LogP contribution in [0, 0.1) is 11.8 Å². The summed E-state index contributed by atoms with van der Waals surface area (Å²) in [5.41, 5.74) is 1.62. The first kappa shape index (κ1) is 21.9. The lowest BCUT2D eigenvalue weighted by Gasteiger charge is -2.35. The van der Waals surface area contributed by atoms with E-state index in [0.717, 1.165) is 21.9 Å². The Morgan fingerprint density at radius 1 is 1.06 bits per heavy atom. The molecule has 0 spiro atoms. The highest BCUT2D eigenvalue weighted by atomic mass is 32.1. The van der Waals surface area contributed by atoms with Gasteiger partial charge in [0.05, 0.1) is 12.0 Å². The zero-order chi connectivity index (χ0) is 23.9. The van der Waals surface area contributed by atoms with E-state index in [4.69, 9.17) is 4.99 Å². The molecule has 1 aromatic heterocycles. The van der Waals surface area contributed by atoms with Crippen LogP contribution in [0.2, 0.25) is 0 Å². The van der Waals surface area contributed by atoms with Crippen molar-refractivity contribution in [3.8, 4) is 11.8 Å². The molecule has 1 unspecified atom stereocenters. The lowest BCUT2D eigenvalue weighted by molar-refractivity contribution is -0.128. The van der Waals surface area contributed by atoms with Crippen LogP contribution in [0.3, 0.4) is 0 Å². The van der Waals surface area contributed by atoms with Crippen molar-refractivity contribution in [2.24, 2.45) is 4.99 Å². The van der Waals surface area contributed by atoms with Gasteiger partial charge in [-0.3, -0.25) is 19.8 Å². The molecule has 1 atom stereocenters. The Morgan fingerprint density at radius 2 is 1.76 bits per heavy atom. The minimum absolute atomic E-state index is 0.100. The molecule has 2 heterocycles. The standard InChI is InChI=1S/C28H23N3O2S/c1-4-8-18-11-13-23-21(15-18)22-16-20(12-14-24(22)34-23)28(2)17-25(32)31(3)27(30-28)29-26(33)19-9-6-5-7-10-19/h5-7,9-16H,17H2,1-3H3,(H,29,30,33). The van der Waals surface area contributed by atoms with Crippen molar-refractivity contribution < 1.29 is 9.59 Å². The topological polar surface area (TPSA) is 61.8 Å². The van der Waals surface area contributed by atoms with Gasteiger partial charge in [-0.15, -0.1) is 17.3 Å². The molecule has 6 heteroatoms. The summed E-state index contributed by atoms with van der Waals surface area (Å²) in [6.07, 6.45) is 0.217. The summed E-state index contributed by atoms with van der Waals surface area (Å²) in [4.78, 5) is 32.0. The molecule has 168 valence electrons. The van der Waals surface area contributed by atoms with Crippen LogP contribution < -0.4 is 5.32 Å². The molecular formula is C28H23N3O2S. The summed E-state index contributed by atoms with van der Waals surface area (Å²) in [6, 6.07) is 21.4. The van der Waals surface area contributed by atoms with Crippen LogP contribution in [0.4, 0.5) is 0 Å². The minimum atomic E-state index is -0.799. The minimum Gasteiger partial charge on any atom is -0.292 e. The van der Waals surface area contributed by atoms with E-state index >= 15 is 0 Å². The predicted octanol–water partition coefficient (Wildman–Crippen LogP) is 5.29. The van der Waals surface area contributed by atoms with E-state index in [0.29, 0.717) is 5.56 Å². The van der Waals surface area contributed by atoms with Gasteiger partial charge in [0.25, 0.3) is 5.91 Å². The average Bonchev–Trinajstić information content (AvgIpc) is 3.20. The molecular weight excluding hydrogens is 442 g/mol. The third-order valence-corrected chi connectivity index (χ3v) is 7.31. The van der Waals surface area contributed by atoms with E-state index in [2.05, 4.69) is 41.4 Å². The Bertz CT molecular complexity index is 1540. The van der Waals surface area contributed by atoms with Crippen LogP contribution >= 0.6 is 11.3 Å². The second-order valence-corrected chi connectivity index (χ2v) is 9.64. The molecule has 0 radical (unpaired) electrons. The Labute approximate surface area is 202 Å². The monoisotopic (exact) mass is 465 g/mol. The van der Waals surface area contributed by atoms with E-state index in [-0.39, 0.29) is 24.2 Å². The van der Waals surface area contributed by atoms with Gasteiger partial charge >= 0.3 is 0 Å². The smallest absolute Gasteiger partial charge is 0.257 e. The second kappa shape index (κ2) is 8.44. The van der Waals surface area contributed by atoms with E-state index in [1.165, 1.54) is 14.3 Å². The zero-order valence-corrected chi connectivity index (χ0v) is 20.0. The summed E-state index contributed by atoms with van der Waals surface area (Å²) in [6.45, 7) is 3.77. The number of carbonyl (C=O) groups is 2. The molecule has 0 fully saturated rings. The molecule has 5 nitrogen and oxygen atoms in total. The summed E-state index contributed by atoms with van der Waals surface area (Å²) in [7, 11) is 1.64. The second-order valence-electron chi connectivity index (χ2n) is 8.56. The number of benzene rings is 3. The number of carbonyl (C=O) groups excluding carboxylic acids is 2. The maximum Gasteiger partial charge on any atom is 0.257 e. The fourth-order valence-electron chi connectivity index (χ4n) is 4.26. The average molecular weight is 466 g/mol. The lowest BCUT2D eigenvalue weighted by Crippen LogP contribution is -2.51. The van der Waals surface area contributed by atoms with Crippen LogP contribution in [-0.4, -0.2) is 29.7 Å². The van der Waals surface area contributed by atoms with Crippen LogP contribution in [0.25, 0.3) is 20.2 Å². The number of hydrogen-bond donors (Lipinski definition) is 1. The van der Waals surface area contributed by atoms with Crippen LogP contribution in [-0.2, 0) is 10.3 Å². The Morgan fingerprint density at radius 3 is 2.50 bits per heavy atom. The van der Waals surface area contributed by atoms with Crippen molar-refractivity contribution in [3.63, 3.8) is 0 Å². The normalized spacial score (nSPS) is 17.9. The lowest BCUT2D eigenvalue weighted by atomic mass is 9.87. The van der Waals surface area contributed by atoms with Crippen molar-refractivity contribution in [3.05, 3.63) is 83.4 Å². The highest BCUT2D eigenvalue weighted by Crippen LogP contribution is 2.39. The molecule has 0 aliphatic carbocycles. The summed E-state index contributed by atoms with van der Waals surface area (Å²) in [5, 5.41) is 5.09. The van der Waals surface area contributed by atoms with Gasteiger partial charge < -0.3 is 0 Å². The first-order valence-electron chi connectivity index (χ1n) is 11.0. The number of amides is 2. The van der Waals surface area contributed by atoms with E-state index in [9.17, 15) is 9.59 Å². The van der Waals surface area contributed by atoms with Gasteiger partial charge in [-0.25, -0.2) is 4.99 Å². The number of nitrogens with one attached hydrogen (secondary N) is 1.